The highest BCUT2D eigenvalue weighted by Gasteiger charge is 2.14. The highest BCUT2D eigenvalue weighted by molar-refractivity contribution is 7.15. The second-order valence-corrected chi connectivity index (χ2v) is 6.55. The van der Waals surface area contributed by atoms with Crippen molar-refractivity contribution in [3.05, 3.63) is 46.2 Å². The van der Waals surface area contributed by atoms with Crippen molar-refractivity contribution in [2.45, 2.75) is 26.9 Å². The Morgan fingerprint density at radius 2 is 2.22 bits per heavy atom. The van der Waals surface area contributed by atoms with E-state index in [1.54, 1.807) is 19.6 Å². The molecule has 0 fully saturated rings. The average Bonchev–Trinajstić information content (AvgIpc) is 3.11. The lowest BCUT2D eigenvalue weighted by Gasteiger charge is -2.02. The fourth-order valence-electron chi connectivity index (χ4n) is 2.44. The number of carbonyl (C=O) groups is 1. The number of amides is 1. The molecule has 0 radical (unpaired) electrons. The normalized spacial score (nSPS) is 11.1. The van der Waals surface area contributed by atoms with Crippen LogP contribution in [0.15, 0.2) is 29.0 Å². The van der Waals surface area contributed by atoms with Crippen LogP contribution in [0, 0.1) is 13.8 Å². The summed E-state index contributed by atoms with van der Waals surface area (Å²) in [6.07, 6.45) is 3.63. The molecule has 0 aliphatic rings. The van der Waals surface area contributed by atoms with E-state index in [-0.39, 0.29) is 12.3 Å². The molecule has 3 rings (SSSR count). The summed E-state index contributed by atoms with van der Waals surface area (Å²) in [6, 6.07) is 4.05. The first-order valence-corrected chi connectivity index (χ1v) is 8.10. The number of carbonyl (C=O) groups excluding carboxylic acids is 1. The van der Waals surface area contributed by atoms with E-state index in [0.717, 1.165) is 27.0 Å². The van der Waals surface area contributed by atoms with Crippen LogP contribution in [0.3, 0.4) is 0 Å². The van der Waals surface area contributed by atoms with E-state index in [9.17, 15) is 4.79 Å². The molecule has 120 valence electrons. The Kier molecular flexibility index (Phi) is 4.45. The van der Waals surface area contributed by atoms with Gasteiger partial charge in [-0.3, -0.25) is 4.79 Å². The van der Waals surface area contributed by atoms with Gasteiger partial charge in [-0.05, 0) is 25.0 Å². The third-order valence-corrected chi connectivity index (χ3v) is 4.67. The maximum atomic E-state index is 12.2. The number of benzene rings is 1. The second kappa shape index (κ2) is 6.52. The van der Waals surface area contributed by atoms with Gasteiger partial charge in [0.25, 0.3) is 0 Å². The van der Waals surface area contributed by atoms with Crippen LogP contribution in [-0.2, 0) is 22.6 Å². The van der Waals surface area contributed by atoms with Crippen molar-refractivity contribution >= 4 is 33.3 Å². The highest BCUT2D eigenvalue weighted by Crippen LogP contribution is 2.27. The van der Waals surface area contributed by atoms with Crippen molar-refractivity contribution in [1.29, 1.82) is 0 Å². The van der Waals surface area contributed by atoms with Crippen LogP contribution in [0.2, 0.25) is 0 Å². The summed E-state index contributed by atoms with van der Waals surface area (Å²) < 4.78 is 10.7. The zero-order valence-corrected chi connectivity index (χ0v) is 14.1. The average molecular weight is 330 g/mol. The van der Waals surface area contributed by atoms with Gasteiger partial charge < -0.3 is 14.5 Å². The van der Waals surface area contributed by atoms with Gasteiger partial charge in [-0.2, -0.15) is 0 Å². The maximum absolute atomic E-state index is 12.2. The van der Waals surface area contributed by atoms with Crippen molar-refractivity contribution in [3.8, 4) is 0 Å². The zero-order valence-electron chi connectivity index (χ0n) is 13.3. The van der Waals surface area contributed by atoms with Crippen molar-refractivity contribution in [1.82, 2.24) is 4.98 Å². The van der Waals surface area contributed by atoms with E-state index in [4.69, 9.17) is 9.15 Å². The lowest BCUT2D eigenvalue weighted by molar-refractivity contribution is -0.115. The van der Waals surface area contributed by atoms with Crippen LogP contribution in [0.4, 0.5) is 5.13 Å². The summed E-state index contributed by atoms with van der Waals surface area (Å²) in [5, 5.41) is 4.39. The predicted octanol–water partition coefficient (Wildman–Crippen LogP) is 3.83. The van der Waals surface area contributed by atoms with Crippen LogP contribution in [0.25, 0.3) is 11.0 Å². The molecule has 0 saturated heterocycles. The fraction of sp³-hybridized carbons (Fsp3) is 0.294. The minimum atomic E-state index is -0.107. The zero-order chi connectivity index (χ0) is 16.4. The number of rotatable bonds is 5. The van der Waals surface area contributed by atoms with Crippen molar-refractivity contribution in [2.75, 3.05) is 12.4 Å². The van der Waals surface area contributed by atoms with E-state index in [1.165, 1.54) is 16.9 Å². The van der Waals surface area contributed by atoms with E-state index in [1.807, 2.05) is 26.0 Å². The Balaban J connectivity index is 1.73. The molecular formula is C17H18N2O3S. The second-order valence-electron chi connectivity index (χ2n) is 5.43. The molecule has 2 aromatic heterocycles. The molecule has 1 amide bonds. The van der Waals surface area contributed by atoms with E-state index >= 15 is 0 Å². The highest BCUT2D eigenvalue weighted by atomic mass is 32.1. The Hall–Kier alpha value is -2.18. The molecule has 0 spiro atoms. The van der Waals surface area contributed by atoms with Crippen LogP contribution < -0.4 is 5.32 Å². The number of ether oxygens (including phenoxy) is 1. The summed E-state index contributed by atoms with van der Waals surface area (Å²) in [6.45, 7) is 4.57. The molecular weight excluding hydrogens is 312 g/mol. The summed E-state index contributed by atoms with van der Waals surface area (Å²) in [5.41, 5.74) is 4.02. The number of methoxy groups -OCH3 is 1. The summed E-state index contributed by atoms with van der Waals surface area (Å²) in [4.78, 5) is 17.4. The lowest BCUT2D eigenvalue weighted by Crippen LogP contribution is -2.13. The molecule has 1 aromatic carbocycles. The van der Waals surface area contributed by atoms with Gasteiger partial charge >= 0.3 is 0 Å². The Bertz CT molecular complexity index is 851. The standard InChI is InChI=1S/C17H18N2O3S/c1-10-4-5-14-12(8-22-16(14)11(10)2)6-15(20)19-17-18-7-13(23-17)9-21-3/h4-5,7-8H,6,9H2,1-3H3,(H,18,19,20). The smallest absolute Gasteiger partial charge is 0.230 e. The topological polar surface area (TPSA) is 64.4 Å². The number of aromatic nitrogens is 1. The van der Waals surface area contributed by atoms with Crippen LogP contribution >= 0.6 is 11.3 Å². The molecule has 5 nitrogen and oxygen atoms in total. The van der Waals surface area contributed by atoms with Crippen molar-refractivity contribution in [2.24, 2.45) is 0 Å². The molecule has 3 aromatic rings. The van der Waals surface area contributed by atoms with Crippen LogP contribution in [0.1, 0.15) is 21.6 Å². The Labute approximate surface area is 138 Å². The first-order chi connectivity index (χ1) is 11.1. The minimum Gasteiger partial charge on any atom is -0.464 e. The number of nitrogens with one attached hydrogen (secondary N) is 1. The maximum Gasteiger partial charge on any atom is 0.230 e. The van der Waals surface area contributed by atoms with Gasteiger partial charge in [0.15, 0.2) is 5.13 Å². The monoisotopic (exact) mass is 330 g/mol. The van der Waals surface area contributed by atoms with E-state index in [0.29, 0.717) is 11.7 Å². The van der Waals surface area contributed by atoms with E-state index in [2.05, 4.69) is 10.3 Å². The first-order valence-electron chi connectivity index (χ1n) is 7.28. The van der Waals surface area contributed by atoms with E-state index < -0.39 is 0 Å². The largest absolute Gasteiger partial charge is 0.464 e. The Morgan fingerprint density at radius 3 is 3.00 bits per heavy atom. The number of hydrogen-bond acceptors (Lipinski definition) is 5. The number of anilines is 1. The fourth-order valence-corrected chi connectivity index (χ4v) is 3.24. The summed E-state index contributed by atoms with van der Waals surface area (Å²) in [5.74, 6) is -0.107. The van der Waals surface area contributed by atoms with Crippen molar-refractivity contribution in [3.63, 3.8) is 0 Å². The minimum absolute atomic E-state index is 0.107. The first kappa shape index (κ1) is 15.7. The third kappa shape index (κ3) is 3.28. The third-order valence-electron chi connectivity index (χ3n) is 3.78. The number of aryl methyl sites for hydroxylation is 2. The molecule has 0 unspecified atom stereocenters. The molecule has 6 heteroatoms. The molecule has 2 heterocycles. The summed E-state index contributed by atoms with van der Waals surface area (Å²) in [7, 11) is 1.63. The molecule has 1 N–H and O–H groups in total. The molecule has 0 bridgehead atoms. The number of fused-ring (bicyclic) bond motifs is 1. The molecule has 0 aliphatic heterocycles. The number of thiazole rings is 1. The lowest BCUT2D eigenvalue weighted by atomic mass is 10.0. The number of nitrogens with zero attached hydrogens (tertiary/aromatic N) is 1. The van der Waals surface area contributed by atoms with Gasteiger partial charge in [-0.15, -0.1) is 0 Å². The predicted molar refractivity (Wildman–Crippen MR) is 90.8 cm³/mol. The van der Waals surface area contributed by atoms with Gasteiger partial charge in [-0.1, -0.05) is 23.5 Å². The van der Waals surface area contributed by atoms with Gasteiger partial charge in [0, 0.05) is 24.3 Å². The van der Waals surface area contributed by atoms with Crippen LogP contribution in [0.5, 0.6) is 0 Å². The van der Waals surface area contributed by atoms with Crippen molar-refractivity contribution < 1.29 is 13.9 Å². The molecule has 23 heavy (non-hydrogen) atoms. The SMILES string of the molecule is COCc1cnc(NC(=O)Cc2coc3c(C)c(C)ccc23)s1. The quantitative estimate of drug-likeness (QED) is 0.772. The van der Waals surface area contributed by atoms with Gasteiger partial charge in [0.05, 0.1) is 24.2 Å². The number of hydrogen-bond donors (Lipinski definition) is 1. The molecule has 0 saturated carbocycles. The van der Waals surface area contributed by atoms with Gasteiger partial charge in [0.2, 0.25) is 5.91 Å². The van der Waals surface area contributed by atoms with Crippen LogP contribution in [-0.4, -0.2) is 18.0 Å². The number of furan rings is 1. The summed E-state index contributed by atoms with van der Waals surface area (Å²) >= 11 is 1.41. The Morgan fingerprint density at radius 1 is 1.39 bits per heavy atom. The van der Waals surface area contributed by atoms with Gasteiger partial charge in [-0.25, -0.2) is 4.98 Å². The molecule has 0 aliphatic carbocycles. The van der Waals surface area contributed by atoms with Gasteiger partial charge in [0.1, 0.15) is 5.58 Å². The molecule has 0 atom stereocenters.